The second-order valence-corrected chi connectivity index (χ2v) is 7.46. The van der Waals surface area contributed by atoms with E-state index in [0.29, 0.717) is 11.6 Å². The van der Waals surface area contributed by atoms with E-state index in [9.17, 15) is 9.59 Å². The number of Topliss-reactive ketones (excluding diaryl/α,β-unsaturated/α-hetero) is 2. The Kier molecular flexibility index (Phi) is 3.77. The van der Waals surface area contributed by atoms with Gasteiger partial charge in [0.25, 0.3) is 0 Å². The lowest BCUT2D eigenvalue weighted by Gasteiger charge is -2.45. The van der Waals surface area contributed by atoms with E-state index in [-0.39, 0.29) is 28.9 Å². The van der Waals surface area contributed by atoms with E-state index in [0.717, 1.165) is 44.9 Å². The maximum Gasteiger partial charge on any atom is 0.141 e. The van der Waals surface area contributed by atoms with Crippen molar-refractivity contribution in [2.24, 2.45) is 23.7 Å². The molecule has 0 aromatic carbocycles. The molecule has 100 valence electrons. The third-order valence-electron chi connectivity index (χ3n) is 5.16. The van der Waals surface area contributed by atoms with Gasteiger partial charge in [-0.2, -0.15) is 0 Å². The van der Waals surface area contributed by atoms with Crippen LogP contribution in [-0.4, -0.2) is 16.8 Å². The van der Waals surface area contributed by atoms with E-state index >= 15 is 0 Å². The van der Waals surface area contributed by atoms with Crippen LogP contribution in [0, 0.1) is 23.7 Å². The van der Waals surface area contributed by atoms with Crippen molar-refractivity contribution < 1.29 is 9.59 Å². The van der Waals surface area contributed by atoms with Gasteiger partial charge in [-0.15, -0.1) is 11.7 Å². The lowest BCUT2D eigenvalue weighted by atomic mass is 9.58. The van der Waals surface area contributed by atoms with Crippen LogP contribution in [0.4, 0.5) is 0 Å². The lowest BCUT2D eigenvalue weighted by molar-refractivity contribution is -0.150. The Labute approximate surface area is 117 Å². The molecule has 3 fully saturated rings. The van der Waals surface area contributed by atoms with E-state index in [1.165, 1.54) is 10.8 Å². The van der Waals surface area contributed by atoms with E-state index in [1.807, 2.05) is 0 Å². The second-order valence-electron chi connectivity index (χ2n) is 6.01. The summed E-state index contributed by atoms with van der Waals surface area (Å²) in [5.74, 6) is 0.931. The van der Waals surface area contributed by atoms with Crippen LogP contribution in [0.3, 0.4) is 0 Å². The number of carbonyl (C=O) groups excluding carboxylic acids is 2. The van der Waals surface area contributed by atoms with Crippen molar-refractivity contribution in [2.45, 2.75) is 50.2 Å². The first kappa shape index (κ1) is 13.0. The molecule has 0 N–H and O–H groups in total. The first-order valence-electron chi connectivity index (χ1n) is 7.11. The first-order valence-corrected chi connectivity index (χ1v) is 9.05. The molecule has 5 unspecified atom stereocenters. The number of thiol groups is 1. The third-order valence-corrected chi connectivity index (χ3v) is 6.78. The number of rotatable bonds is 1. The highest BCUT2D eigenvalue weighted by molar-refractivity contribution is 8.68. The molecule has 0 heterocycles. The van der Waals surface area contributed by atoms with Crippen LogP contribution in [0.1, 0.15) is 44.9 Å². The summed E-state index contributed by atoms with van der Waals surface area (Å²) in [4.78, 5) is 25.3. The Balaban J connectivity index is 1.91. The molecule has 0 spiro atoms. The summed E-state index contributed by atoms with van der Waals surface area (Å²) in [6, 6.07) is 0. The lowest BCUT2D eigenvalue weighted by Crippen LogP contribution is -2.53. The molecular formula is C14H20O2S2. The fourth-order valence-electron chi connectivity index (χ4n) is 4.31. The van der Waals surface area contributed by atoms with Crippen LogP contribution in [-0.2, 0) is 9.59 Å². The maximum absolute atomic E-state index is 12.7. The molecule has 3 aliphatic carbocycles. The average Bonchev–Trinajstić information content (AvgIpc) is 2.44. The second kappa shape index (κ2) is 5.20. The molecule has 0 saturated heterocycles. The molecule has 4 heteroatoms. The minimum Gasteiger partial charge on any atom is -0.299 e. The molecular weight excluding hydrogens is 264 g/mol. The predicted molar refractivity (Wildman–Crippen MR) is 76.7 cm³/mol. The molecule has 2 nitrogen and oxygen atoms in total. The average molecular weight is 284 g/mol. The van der Waals surface area contributed by atoms with E-state index < -0.39 is 0 Å². The largest absolute Gasteiger partial charge is 0.299 e. The normalized spacial score (nSPS) is 44.4. The molecule has 0 radical (unpaired) electrons. The maximum atomic E-state index is 12.7. The van der Waals surface area contributed by atoms with Gasteiger partial charge in [0.15, 0.2) is 0 Å². The summed E-state index contributed by atoms with van der Waals surface area (Å²) in [6.45, 7) is 0. The molecule has 0 amide bonds. The summed E-state index contributed by atoms with van der Waals surface area (Å²) in [5, 5.41) is 0.270. The molecule has 0 aliphatic heterocycles. The van der Waals surface area contributed by atoms with Crippen molar-refractivity contribution in [3.63, 3.8) is 0 Å². The Morgan fingerprint density at radius 1 is 0.833 bits per heavy atom. The van der Waals surface area contributed by atoms with E-state index in [1.54, 1.807) is 0 Å². The number of fused-ring (bicyclic) bond motifs is 2. The Hall–Kier alpha value is 0.0400. The van der Waals surface area contributed by atoms with Gasteiger partial charge in [-0.05, 0) is 25.7 Å². The molecule has 3 rings (SSSR count). The van der Waals surface area contributed by atoms with Gasteiger partial charge >= 0.3 is 0 Å². The van der Waals surface area contributed by atoms with Gasteiger partial charge in [-0.25, -0.2) is 0 Å². The minimum absolute atomic E-state index is 0.0203. The zero-order valence-electron chi connectivity index (χ0n) is 10.5. The highest BCUT2D eigenvalue weighted by Crippen LogP contribution is 2.49. The van der Waals surface area contributed by atoms with Crippen LogP contribution < -0.4 is 0 Å². The van der Waals surface area contributed by atoms with Crippen LogP contribution in [0.15, 0.2) is 0 Å². The predicted octanol–water partition coefficient (Wildman–Crippen LogP) is 3.31. The zero-order chi connectivity index (χ0) is 12.7. The van der Waals surface area contributed by atoms with Crippen molar-refractivity contribution in [3.8, 4) is 0 Å². The molecule has 3 saturated carbocycles. The molecule has 3 aliphatic rings. The van der Waals surface area contributed by atoms with E-state index in [4.69, 9.17) is 0 Å². The summed E-state index contributed by atoms with van der Waals surface area (Å²) < 4.78 is 0. The number of hydrogen-bond acceptors (Lipinski definition) is 4. The van der Waals surface area contributed by atoms with Crippen molar-refractivity contribution in [1.82, 2.24) is 0 Å². The number of carbonyl (C=O) groups is 2. The van der Waals surface area contributed by atoms with Crippen molar-refractivity contribution in [2.75, 3.05) is 0 Å². The third kappa shape index (κ3) is 1.96. The topological polar surface area (TPSA) is 34.1 Å². The van der Waals surface area contributed by atoms with Gasteiger partial charge in [-0.1, -0.05) is 30.1 Å². The van der Waals surface area contributed by atoms with Gasteiger partial charge in [0.2, 0.25) is 0 Å². The van der Waals surface area contributed by atoms with Crippen LogP contribution >= 0.6 is 22.5 Å². The van der Waals surface area contributed by atoms with Crippen molar-refractivity contribution in [3.05, 3.63) is 0 Å². The quantitative estimate of drug-likeness (QED) is 0.592. The van der Waals surface area contributed by atoms with Crippen molar-refractivity contribution >= 4 is 34.0 Å². The SMILES string of the molecule is O=C1C2CCCCC2C(=O)C2C(SS)CCCC12. The minimum atomic E-state index is -0.0203. The van der Waals surface area contributed by atoms with Gasteiger partial charge in [0, 0.05) is 28.9 Å². The molecule has 18 heavy (non-hydrogen) atoms. The Morgan fingerprint density at radius 3 is 2.11 bits per heavy atom. The Bertz CT molecular complexity index is 369. The van der Waals surface area contributed by atoms with Gasteiger partial charge in [0.1, 0.15) is 11.6 Å². The summed E-state index contributed by atoms with van der Waals surface area (Å²) in [5.41, 5.74) is 0. The molecule has 0 aromatic heterocycles. The Morgan fingerprint density at radius 2 is 1.44 bits per heavy atom. The smallest absolute Gasteiger partial charge is 0.141 e. The standard InChI is InChI=1S/C14H20O2S2/c15-13-8-4-1-2-5-9(8)14(16)12-10(13)6-3-7-11(12)18-17/h8-12,17H,1-7H2. The van der Waals surface area contributed by atoms with E-state index in [2.05, 4.69) is 11.7 Å². The fraction of sp³-hybridized carbons (Fsp3) is 0.857. The highest BCUT2D eigenvalue weighted by Gasteiger charge is 2.53. The summed E-state index contributed by atoms with van der Waals surface area (Å²) in [7, 11) is 1.50. The summed E-state index contributed by atoms with van der Waals surface area (Å²) >= 11 is 4.32. The van der Waals surface area contributed by atoms with Crippen LogP contribution in [0.25, 0.3) is 0 Å². The van der Waals surface area contributed by atoms with Gasteiger partial charge < -0.3 is 0 Å². The number of ketones is 2. The van der Waals surface area contributed by atoms with Crippen LogP contribution in [0.2, 0.25) is 0 Å². The summed E-state index contributed by atoms with van der Waals surface area (Å²) in [6.07, 6.45) is 7.21. The monoisotopic (exact) mass is 284 g/mol. The molecule has 0 bridgehead atoms. The number of hydrogen-bond donors (Lipinski definition) is 1. The van der Waals surface area contributed by atoms with Gasteiger partial charge in [-0.3, -0.25) is 9.59 Å². The highest BCUT2D eigenvalue weighted by atomic mass is 33.1. The van der Waals surface area contributed by atoms with Crippen molar-refractivity contribution in [1.29, 1.82) is 0 Å². The zero-order valence-corrected chi connectivity index (χ0v) is 12.2. The van der Waals surface area contributed by atoms with Crippen LogP contribution in [0.5, 0.6) is 0 Å². The fourth-order valence-corrected chi connectivity index (χ4v) is 5.75. The molecule has 0 aromatic rings. The molecule has 5 atom stereocenters. The first-order chi connectivity index (χ1) is 8.74. The van der Waals surface area contributed by atoms with Gasteiger partial charge in [0.05, 0.1) is 0 Å².